The summed E-state index contributed by atoms with van der Waals surface area (Å²) in [6.07, 6.45) is 0.823. The van der Waals surface area contributed by atoms with Crippen LogP contribution in [0, 0.1) is 0 Å². The van der Waals surface area contributed by atoms with Gasteiger partial charge in [0.25, 0.3) is 0 Å². The van der Waals surface area contributed by atoms with E-state index in [0.29, 0.717) is 13.1 Å². The van der Waals surface area contributed by atoms with Crippen molar-refractivity contribution < 1.29 is 8.42 Å². The van der Waals surface area contributed by atoms with Gasteiger partial charge in [-0.05, 0) is 31.7 Å². The third-order valence-electron chi connectivity index (χ3n) is 3.07. The predicted molar refractivity (Wildman–Crippen MR) is 82.6 cm³/mol. The molecule has 1 unspecified atom stereocenters. The molecule has 1 saturated heterocycles. The number of hydrogen-bond acceptors (Lipinski definition) is 3. The zero-order chi connectivity index (χ0) is 13.3. The Kier molecular flexibility index (Phi) is 6.10. The van der Waals surface area contributed by atoms with Crippen LogP contribution in [-0.2, 0) is 10.0 Å². The number of sulfonamides is 1. The molecule has 0 amide bonds. The molecule has 1 heterocycles. The Morgan fingerprint density at radius 1 is 1.47 bits per heavy atom. The van der Waals surface area contributed by atoms with E-state index in [1.54, 1.807) is 12.1 Å². The number of nitrogens with one attached hydrogen (secondary N) is 1. The molecule has 0 spiro atoms. The second-order valence-electron chi connectivity index (χ2n) is 4.21. The molecule has 1 aliphatic heterocycles. The number of likely N-dealkylation sites (N-methyl/N-ethyl adjacent to an activating group) is 1. The number of rotatable bonds is 3. The first-order valence-corrected chi connectivity index (χ1v) is 8.18. The second-order valence-corrected chi connectivity index (χ2v) is 7.44. The van der Waals surface area contributed by atoms with E-state index in [9.17, 15) is 8.42 Å². The summed E-state index contributed by atoms with van der Waals surface area (Å²) in [6, 6.07) is 5.04. The Hall–Kier alpha value is 0.150. The molecule has 0 aromatic heterocycles. The van der Waals surface area contributed by atoms with E-state index < -0.39 is 10.0 Å². The van der Waals surface area contributed by atoms with Crippen molar-refractivity contribution >= 4 is 50.0 Å². The van der Waals surface area contributed by atoms with Gasteiger partial charge in [-0.3, -0.25) is 0 Å². The van der Waals surface area contributed by atoms with Crippen LogP contribution in [0.15, 0.2) is 27.6 Å². The van der Waals surface area contributed by atoms with E-state index in [4.69, 9.17) is 11.6 Å². The summed E-state index contributed by atoms with van der Waals surface area (Å²) in [5.74, 6) is 0. The Bertz CT molecular complexity index is 554. The average Bonchev–Trinajstić information content (AvgIpc) is 2.77. The van der Waals surface area contributed by atoms with E-state index in [-0.39, 0.29) is 28.4 Å². The molecular weight excluding hydrogens is 375 g/mol. The molecule has 19 heavy (non-hydrogen) atoms. The highest BCUT2D eigenvalue weighted by Crippen LogP contribution is 2.29. The van der Waals surface area contributed by atoms with Crippen molar-refractivity contribution in [2.24, 2.45) is 0 Å². The first kappa shape index (κ1) is 17.2. The highest BCUT2D eigenvalue weighted by Gasteiger charge is 2.33. The van der Waals surface area contributed by atoms with Crippen molar-refractivity contribution in [3.05, 3.63) is 27.7 Å². The molecule has 108 valence electrons. The Labute approximate surface area is 133 Å². The van der Waals surface area contributed by atoms with Gasteiger partial charge in [-0.25, -0.2) is 8.42 Å². The number of halogens is 3. The molecule has 0 bridgehead atoms. The lowest BCUT2D eigenvalue weighted by Crippen LogP contribution is -2.33. The monoisotopic (exact) mass is 388 g/mol. The summed E-state index contributed by atoms with van der Waals surface area (Å²) >= 11 is 9.28. The molecule has 1 N–H and O–H groups in total. The molecule has 0 saturated carbocycles. The summed E-state index contributed by atoms with van der Waals surface area (Å²) in [7, 11) is -1.65. The fourth-order valence-electron chi connectivity index (χ4n) is 2.01. The zero-order valence-electron chi connectivity index (χ0n) is 10.3. The van der Waals surface area contributed by atoms with Gasteiger partial charge in [0.05, 0.1) is 5.02 Å². The lowest BCUT2D eigenvalue weighted by atomic mass is 10.3. The van der Waals surface area contributed by atoms with E-state index in [0.717, 1.165) is 10.9 Å². The molecule has 1 aromatic rings. The van der Waals surface area contributed by atoms with Crippen LogP contribution in [0.25, 0.3) is 0 Å². The molecule has 0 aliphatic carbocycles. The fraction of sp³-hybridized carbons (Fsp3) is 0.455. The van der Waals surface area contributed by atoms with Gasteiger partial charge in [-0.2, -0.15) is 4.31 Å². The number of benzene rings is 1. The van der Waals surface area contributed by atoms with E-state index in [1.165, 1.54) is 10.4 Å². The largest absolute Gasteiger partial charge is 0.316 e. The van der Waals surface area contributed by atoms with Crippen LogP contribution in [0.4, 0.5) is 0 Å². The van der Waals surface area contributed by atoms with Gasteiger partial charge in [-0.1, -0.05) is 27.5 Å². The van der Waals surface area contributed by atoms with Crippen LogP contribution >= 0.6 is 39.9 Å². The van der Waals surface area contributed by atoms with Crippen LogP contribution in [0.2, 0.25) is 5.02 Å². The van der Waals surface area contributed by atoms with Crippen LogP contribution < -0.4 is 5.32 Å². The van der Waals surface area contributed by atoms with Crippen molar-refractivity contribution in [1.82, 2.24) is 9.62 Å². The lowest BCUT2D eigenvalue weighted by molar-refractivity contribution is 0.464. The Morgan fingerprint density at radius 2 is 2.16 bits per heavy atom. The molecule has 8 heteroatoms. The minimum absolute atomic E-state index is 0. The highest BCUT2D eigenvalue weighted by molar-refractivity contribution is 9.10. The normalized spacial score (nSPS) is 20.3. The zero-order valence-corrected chi connectivity index (χ0v) is 14.2. The third kappa shape index (κ3) is 3.62. The van der Waals surface area contributed by atoms with Crippen LogP contribution in [0.1, 0.15) is 6.42 Å². The highest BCUT2D eigenvalue weighted by atomic mass is 79.9. The van der Waals surface area contributed by atoms with Gasteiger partial charge < -0.3 is 5.32 Å². The van der Waals surface area contributed by atoms with E-state index >= 15 is 0 Å². The standard InChI is InChI=1S/C11H14BrClN2O2S.ClH/c1-14-9-4-5-15(7-9)18(16,17)11-3-2-8(12)6-10(11)13;/h2-3,6,9,14H,4-5,7H2,1H3;1H. The maximum Gasteiger partial charge on any atom is 0.244 e. The summed E-state index contributed by atoms with van der Waals surface area (Å²) in [4.78, 5) is 0.170. The first-order valence-electron chi connectivity index (χ1n) is 5.57. The number of hydrogen-bond donors (Lipinski definition) is 1. The molecule has 1 fully saturated rings. The van der Waals surface area contributed by atoms with Crippen molar-refractivity contribution in [3.8, 4) is 0 Å². The van der Waals surface area contributed by atoms with Gasteiger partial charge in [0.15, 0.2) is 0 Å². The summed E-state index contributed by atoms with van der Waals surface area (Å²) in [5.41, 5.74) is 0. The maximum absolute atomic E-state index is 12.4. The minimum atomic E-state index is -3.49. The van der Waals surface area contributed by atoms with Crippen molar-refractivity contribution in [2.45, 2.75) is 17.4 Å². The number of nitrogens with zero attached hydrogens (tertiary/aromatic N) is 1. The van der Waals surface area contributed by atoms with Gasteiger partial charge in [0.1, 0.15) is 4.90 Å². The molecule has 1 aromatic carbocycles. The predicted octanol–water partition coefficient (Wildman–Crippen LogP) is 2.51. The van der Waals surface area contributed by atoms with Crippen molar-refractivity contribution in [1.29, 1.82) is 0 Å². The lowest BCUT2D eigenvalue weighted by Gasteiger charge is -2.17. The molecule has 0 radical (unpaired) electrons. The summed E-state index contributed by atoms with van der Waals surface area (Å²) in [5, 5.41) is 3.34. The van der Waals surface area contributed by atoms with Crippen LogP contribution in [-0.4, -0.2) is 38.9 Å². The van der Waals surface area contributed by atoms with Gasteiger partial charge in [0.2, 0.25) is 10.0 Å². The minimum Gasteiger partial charge on any atom is -0.316 e. The third-order valence-corrected chi connectivity index (χ3v) is 5.91. The van der Waals surface area contributed by atoms with Crippen molar-refractivity contribution in [3.63, 3.8) is 0 Å². The topological polar surface area (TPSA) is 49.4 Å². The second kappa shape index (κ2) is 6.74. The molecule has 1 aliphatic rings. The molecule has 2 rings (SSSR count). The quantitative estimate of drug-likeness (QED) is 0.863. The van der Waals surface area contributed by atoms with Gasteiger partial charge >= 0.3 is 0 Å². The van der Waals surface area contributed by atoms with Crippen LogP contribution in [0.5, 0.6) is 0 Å². The average molecular weight is 390 g/mol. The molecule has 1 atom stereocenters. The summed E-state index contributed by atoms with van der Waals surface area (Å²) < 4.78 is 27.1. The van der Waals surface area contributed by atoms with E-state index in [2.05, 4.69) is 21.2 Å². The fourth-order valence-corrected chi connectivity index (χ4v) is 4.52. The maximum atomic E-state index is 12.4. The molecular formula is C11H15BrCl2N2O2S. The van der Waals surface area contributed by atoms with E-state index in [1.807, 2.05) is 7.05 Å². The SMILES string of the molecule is CNC1CCN(S(=O)(=O)c2ccc(Br)cc2Cl)C1.Cl. The van der Waals surface area contributed by atoms with Gasteiger partial charge in [0, 0.05) is 23.6 Å². The van der Waals surface area contributed by atoms with Crippen LogP contribution in [0.3, 0.4) is 0 Å². The Morgan fingerprint density at radius 3 is 2.68 bits per heavy atom. The Balaban J connectivity index is 0.00000180. The summed E-state index contributed by atoms with van der Waals surface area (Å²) in [6.45, 7) is 1.02. The molecule has 4 nitrogen and oxygen atoms in total. The van der Waals surface area contributed by atoms with Crippen molar-refractivity contribution in [2.75, 3.05) is 20.1 Å². The first-order chi connectivity index (χ1) is 8.45. The smallest absolute Gasteiger partial charge is 0.244 e. The van der Waals surface area contributed by atoms with Gasteiger partial charge in [-0.15, -0.1) is 12.4 Å².